The van der Waals surface area contributed by atoms with Crippen molar-refractivity contribution in [3.8, 4) is 0 Å². The number of halogens is 1. The van der Waals surface area contributed by atoms with Crippen molar-refractivity contribution in [2.75, 3.05) is 5.32 Å². The fourth-order valence-electron chi connectivity index (χ4n) is 2.95. The average Bonchev–Trinajstić information content (AvgIpc) is 3.09. The number of aryl methyl sites for hydroxylation is 1. The Labute approximate surface area is 139 Å². The van der Waals surface area contributed by atoms with Crippen LogP contribution in [-0.4, -0.2) is 14.8 Å². The summed E-state index contributed by atoms with van der Waals surface area (Å²) in [5, 5.41) is 7.58. The van der Waals surface area contributed by atoms with Crippen LogP contribution in [0.2, 0.25) is 0 Å². The molecule has 1 aliphatic rings. The highest BCUT2D eigenvalue weighted by Crippen LogP contribution is 2.32. The number of rotatable bonds is 3. The highest BCUT2D eigenvalue weighted by Gasteiger charge is 2.23. The molecule has 2 heterocycles. The lowest BCUT2D eigenvalue weighted by molar-refractivity contribution is 0.593. The van der Waals surface area contributed by atoms with Gasteiger partial charge in [0, 0.05) is 5.70 Å². The molecule has 0 radical (unpaired) electrons. The molecule has 0 unspecified atom stereocenters. The van der Waals surface area contributed by atoms with Crippen molar-refractivity contribution in [3.63, 3.8) is 0 Å². The fourth-order valence-corrected chi connectivity index (χ4v) is 2.95. The first kappa shape index (κ1) is 14.6. The molecule has 4 nitrogen and oxygen atoms in total. The number of nitrogens with one attached hydrogen (secondary N) is 1. The summed E-state index contributed by atoms with van der Waals surface area (Å²) < 4.78 is 15.4. The van der Waals surface area contributed by atoms with E-state index in [2.05, 4.69) is 52.7 Å². The van der Waals surface area contributed by atoms with Gasteiger partial charge in [0.2, 0.25) is 5.95 Å². The predicted molar refractivity (Wildman–Crippen MR) is 92.0 cm³/mol. The number of hydrogen-bond acceptors (Lipinski definition) is 3. The van der Waals surface area contributed by atoms with Crippen molar-refractivity contribution >= 4 is 11.6 Å². The second-order valence-corrected chi connectivity index (χ2v) is 5.78. The number of nitrogens with zero attached hydrogens (tertiary/aromatic N) is 3. The van der Waals surface area contributed by atoms with Gasteiger partial charge in [-0.05, 0) is 41.3 Å². The van der Waals surface area contributed by atoms with Gasteiger partial charge >= 0.3 is 0 Å². The largest absolute Gasteiger partial charge is 0.324 e. The van der Waals surface area contributed by atoms with E-state index in [1.54, 1.807) is 10.7 Å². The van der Waals surface area contributed by atoms with Gasteiger partial charge < -0.3 is 5.32 Å². The molecule has 0 spiro atoms. The van der Waals surface area contributed by atoms with Crippen LogP contribution in [0.25, 0.3) is 5.70 Å². The molecule has 0 aliphatic carbocycles. The van der Waals surface area contributed by atoms with Crippen LogP contribution in [-0.2, 0) is 6.42 Å². The zero-order valence-electron chi connectivity index (χ0n) is 13.3. The smallest absolute Gasteiger partial charge is 0.226 e. The number of allylic oxidation sites excluding steroid dienone is 1. The Bertz CT molecular complexity index is 896. The maximum Gasteiger partial charge on any atom is 0.226 e. The Morgan fingerprint density at radius 2 is 2.00 bits per heavy atom. The third-order valence-corrected chi connectivity index (χ3v) is 4.27. The van der Waals surface area contributed by atoms with Gasteiger partial charge in [-0.3, -0.25) is 0 Å². The van der Waals surface area contributed by atoms with E-state index in [9.17, 15) is 4.39 Å². The maximum atomic E-state index is 13.6. The molecule has 0 bridgehead atoms. The lowest BCUT2D eigenvalue weighted by atomic mass is 10.0. The monoisotopic (exact) mass is 320 g/mol. The van der Waals surface area contributed by atoms with Gasteiger partial charge in [-0.25, -0.2) is 9.07 Å². The molecule has 1 atom stereocenters. The van der Waals surface area contributed by atoms with Gasteiger partial charge in [0.1, 0.15) is 18.2 Å². The first-order chi connectivity index (χ1) is 11.7. The predicted octanol–water partition coefficient (Wildman–Crippen LogP) is 4.04. The molecule has 0 fully saturated rings. The van der Waals surface area contributed by atoms with E-state index in [0.717, 1.165) is 23.2 Å². The molecule has 5 heteroatoms. The van der Waals surface area contributed by atoms with Crippen molar-refractivity contribution in [3.05, 3.63) is 83.4 Å². The minimum absolute atomic E-state index is 0.194. The Morgan fingerprint density at radius 1 is 1.17 bits per heavy atom. The van der Waals surface area contributed by atoms with Crippen molar-refractivity contribution in [2.24, 2.45) is 0 Å². The highest BCUT2D eigenvalue weighted by molar-refractivity contribution is 5.77. The van der Waals surface area contributed by atoms with Gasteiger partial charge in [-0.15, -0.1) is 0 Å². The van der Waals surface area contributed by atoms with Crippen LogP contribution in [0.4, 0.5) is 10.3 Å². The highest BCUT2D eigenvalue weighted by atomic mass is 19.1. The van der Waals surface area contributed by atoms with Crippen LogP contribution in [0.1, 0.15) is 29.7 Å². The third kappa shape index (κ3) is 2.58. The van der Waals surface area contributed by atoms with Gasteiger partial charge in [0.05, 0.1) is 0 Å². The third-order valence-electron chi connectivity index (χ3n) is 4.27. The molecular weight excluding hydrogens is 303 g/mol. The fraction of sp³-hybridized carbons (Fsp3) is 0.158. The van der Waals surface area contributed by atoms with Gasteiger partial charge in [0.15, 0.2) is 0 Å². The molecule has 0 saturated heterocycles. The quantitative estimate of drug-likeness (QED) is 0.792. The summed E-state index contributed by atoms with van der Waals surface area (Å²) in [6, 6.07) is 14.8. The zero-order valence-corrected chi connectivity index (χ0v) is 13.3. The molecule has 24 heavy (non-hydrogen) atoms. The average molecular weight is 320 g/mol. The molecule has 1 aliphatic heterocycles. The second kappa shape index (κ2) is 5.92. The number of hydrogen-bond donors (Lipinski definition) is 1. The normalized spacial score (nSPS) is 16.2. The maximum absolute atomic E-state index is 13.6. The van der Waals surface area contributed by atoms with E-state index in [0.29, 0.717) is 5.95 Å². The Balaban J connectivity index is 1.78. The second-order valence-electron chi connectivity index (χ2n) is 5.78. The summed E-state index contributed by atoms with van der Waals surface area (Å²) in [5.41, 5.74) is 4.15. The Hall–Kier alpha value is -2.95. The van der Waals surface area contributed by atoms with E-state index < -0.39 is 0 Å². The summed E-state index contributed by atoms with van der Waals surface area (Å²) in [6.07, 6.45) is 4.57. The number of benzene rings is 2. The van der Waals surface area contributed by atoms with Gasteiger partial charge in [0.25, 0.3) is 0 Å². The van der Waals surface area contributed by atoms with Crippen LogP contribution in [0.5, 0.6) is 0 Å². The molecule has 0 saturated carbocycles. The SMILES string of the molecule is CCc1ccc(C2=C[C@@H](c3cccc(F)c3)n3ncnc3N2)cc1. The van der Waals surface area contributed by atoms with Crippen molar-refractivity contribution in [1.82, 2.24) is 14.8 Å². The van der Waals surface area contributed by atoms with Crippen LogP contribution in [0, 0.1) is 5.82 Å². The summed E-state index contributed by atoms with van der Waals surface area (Å²) in [5.74, 6) is 0.399. The van der Waals surface area contributed by atoms with Gasteiger partial charge in [-0.2, -0.15) is 10.1 Å². The van der Waals surface area contributed by atoms with E-state index in [1.165, 1.54) is 24.0 Å². The van der Waals surface area contributed by atoms with Crippen molar-refractivity contribution < 1.29 is 4.39 Å². The summed E-state index contributed by atoms with van der Waals surface area (Å²) in [7, 11) is 0. The molecule has 0 amide bonds. The molecular formula is C19H17FN4. The molecule has 2 aromatic carbocycles. The zero-order chi connectivity index (χ0) is 16.5. The van der Waals surface area contributed by atoms with E-state index in [-0.39, 0.29) is 11.9 Å². The lowest BCUT2D eigenvalue weighted by Gasteiger charge is -2.24. The van der Waals surface area contributed by atoms with E-state index in [1.807, 2.05) is 6.07 Å². The number of aromatic nitrogens is 3. The standard InChI is InChI=1S/C19H17FN4/c1-2-13-6-8-14(9-7-13)17-11-18(15-4-3-5-16(20)10-15)24-19(23-17)21-12-22-24/h3-12,18H,2H2,1H3,(H,21,22,23)/t18-/m0/s1. The Kier molecular flexibility index (Phi) is 3.61. The lowest BCUT2D eigenvalue weighted by Crippen LogP contribution is -2.20. The minimum Gasteiger partial charge on any atom is -0.324 e. The molecule has 4 rings (SSSR count). The van der Waals surface area contributed by atoms with Crippen LogP contribution in [0.3, 0.4) is 0 Å². The van der Waals surface area contributed by atoms with Crippen LogP contribution >= 0.6 is 0 Å². The number of fused-ring (bicyclic) bond motifs is 1. The number of anilines is 1. The van der Waals surface area contributed by atoms with Crippen molar-refractivity contribution in [2.45, 2.75) is 19.4 Å². The molecule has 1 N–H and O–H groups in total. The van der Waals surface area contributed by atoms with Gasteiger partial charge in [-0.1, -0.05) is 43.3 Å². The first-order valence-corrected chi connectivity index (χ1v) is 7.97. The molecule has 1 aromatic heterocycles. The van der Waals surface area contributed by atoms with Crippen LogP contribution in [0.15, 0.2) is 60.9 Å². The summed E-state index contributed by atoms with van der Waals surface area (Å²) in [6.45, 7) is 2.13. The Morgan fingerprint density at radius 3 is 2.75 bits per heavy atom. The first-order valence-electron chi connectivity index (χ1n) is 7.97. The molecule has 3 aromatic rings. The van der Waals surface area contributed by atoms with E-state index >= 15 is 0 Å². The van der Waals surface area contributed by atoms with E-state index in [4.69, 9.17) is 0 Å². The molecule has 120 valence electrons. The van der Waals surface area contributed by atoms with Crippen LogP contribution < -0.4 is 5.32 Å². The van der Waals surface area contributed by atoms with Crippen molar-refractivity contribution in [1.29, 1.82) is 0 Å². The summed E-state index contributed by atoms with van der Waals surface area (Å²) >= 11 is 0. The summed E-state index contributed by atoms with van der Waals surface area (Å²) in [4.78, 5) is 4.27. The minimum atomic E-state index is -0.255. The topological polar surface area (TPSA) is 42.7 Å².